The van der Waals surface area contributed by atoms with Crippen LogP contribution in [0.2, 0.25) is 0 Å². The van der Waals surface area contributed by atoms with E-state index in [4.69, 9.17) is 0 Å². The van der Waals surface area contributed by atoms with Crippen LogP contribution in [0.1, 0.15) is 0 Å². The first-order chi connectivity index (χ1) is 9.70. The first-order valence-corrected chi connectivity index (χ1v) is 6.84. The quantitative estimate of drug-likeness (QED) is 0.882. The Morgan fingerprint density at radius 1 is 1.35 bits per heavy atom. The Morgan fingerprint density at radius 2 is 2.15 bits per heavy atom. The second-order valence-electron chi connectivity index (χ2n) is 4.26. The number of nitrogens with zero attached hydrogens (tertiary/aromatic N) is 3. The first kappa shape index (κ1) is 12.9. The number of fused-ring (bicyclic) bond motifs is 1. The topological polar surface area (TPSA) is 70.2 Å². The summed E-state index contributed by atoms with van der Waals surface area (Å²) in [6, 6.07) is 7.63. The summed E-state index contributed by atoms with van der Waals surface area (Å²) < 4.78 is 0.729. The van der Waals surface area contributed by atoms with Gasteiger partial charge in [0.2, 0.25) is 5.91 Å². The molecule has 0 spiro atoms. The van der Waals surface area contributed by atoms with E-state index in [9.17, 15) is 4.79 Å². The molecule has 1 amide bonds. The van der Waals surface area contributed by atoms with Crippen LogP contribution in [0.15, 0.2) is 35.1 Å². The Labute approximate surface area is 124 Å². The largest absolute Gasteiger partial charge is 0.372 e. The predicted molar refractivity (Wildman–Crippen MR) is 81.4 cm³/mol. The van der Waals surface area contributed by atoms with Crippen molar-refractivity contribution >= 4 is 44.8 Å². The molecule has 0 atom stereocenters. The smallest absolute Gasteiger partial charge is 0.244 e. The number of carbonyl (C=O) groups is 1. The van der Waals surface area contributed by atoms with Crippen LogP contribution < -0.4 is 15.5 Å². The third kappa shape index (κ3) is 2.09. The number of halogens is 1. The lowest BCUT2D eigenvalue weighted by atomic mass is 10.2. The molecule has 7 heteroatoms. The molecule has 1 aliphatic rings. The van der Waals surface area contributed by atoms with Crippen molar-refractivity contribution in [1.82, 2.24) is 9.97 Å². The summed E-state index contributed by atoms with van der Waals surface area (Å²) in [5.41, 5.74) is 1.69. The van der Waals surface area contributed by atoms with Gasteiger partial charge >= 0.3 is 0 Å². The summed E-state index contributed by atoms with van der Waals surface area (Å²) in [7, 11) is 1.79. The van der Waals surface area contributed by atoms with Crippen molar-refractivity contribution in [2.24, 2.45) is 0 Å². The monoisotopic (exact) mass is 333 g/mol. The summed E-state index contributed by atoms with van der Waals surface area (Å²) in [4.78, 5) is 22.1. The second-order valence-corrected chi connectivity index (χ2v) is 5.05. The molecule has 2 aromatic rings. The van der Waals surface area contributed by atoms with Crippen LogP contribution in [-0.2, 0) is 4.79 Å². The summed E-state index contributed by atoms with van der Waals surface area (Å²) in [5, 5.41) is 5.84. The number of hydrogen-bond acceptors (Lipinski definition) is 5. The van der Waals surface area contributed by atoms with Gasteiger partial charge in [-0.15, -0.1) is 0 Å². The molecule has 0 fully saturated rings. The molecule has 3 rings (SSSR count). The van der Waals surface area contributed by atoms with Gasteiger partial charge in [-0.1, -0.05) is 12.1 Å². The number of rotatable bonds is 2. The van der Waals surface area contributed by atoms with Gasteiger partial charge in [-0.05, 0) is 28.1 Å². The van der Waals surface area contributed by atoms with Crippen LogP contribution >= 0.6 is 15.9 Å². The van der Waals surface area contributed by atoms with Gasteiger partial charge in [0, 0.05) is 7.05 Å². The summed E-state index contributed by atoms with van der Waals surface area (Å²) in [6.07, 6.45) is 1.47. The van der Waals surface area contributed by atoms with Crippen molar-refractivity contribution in [2.75, 3.05) is 29.1 Å². The minimum absolute atomic E-state index is 0.0692. The number of anilines is 4. The Balaban J connectivity index is 2.13. The van der Waals surface area contributed by atoms with Crippen LogP contribution in [-0.4, -0.2) is 29.5 Å². The Bertz CT molecular complexity index is 676. The zero-order chi connectivity index (χ0) is 14.1. The zero-order valence-electron chi connectivity index (χ0n) is 10.7. The van der Waals surface area contributed by atoms with Gasteiger partial charge in [-0.3, -0.25) is 4.79 Å². The molecule has 0 unspecified atom stereocenters. The van der Waals surface area contributed by atoms with E-state index in [1.54, 1.807) is 7.05 Å². The molecule has 0 aliphatic carbocycles. The number of carbonyl (C=O) groups excluding carboxylic acids is 1. The molecule has 0 bridgehead atoms. The summed E-state index contributed by atoms with van der Waals surface area (Å²) >= 11 is 3.49. The van der Waals surface area contributed by atoms with Gasteiger partial charge in [0.1, 0.15) is 23.2 Å². The van der Waals surface area contributed by atoms with Crippen LogP contribution in [0, 0.1) is 0 Å². The Hall–Kier alpha value is -2.15. The second kappa shape index (κ2) is 5.09. The maximum Gasteiger partial charge on any atom is 0.244 e. The van der Waals surface area contributed by atoms with Crippen molar-refractivity contribution in [3.63, 3.8) is 0 Å². The molecule has 102 valence electrons. The molecule has 2 N–H and O–H groups in total. The fourth-order valence-electron chi connectivity index (χ4n) is 2.15. The van der Waals surface area contributed by atoms with Crippen LogP contribution in [0.3, 0.4) is 0 Å². The maximum absolute atomic E-state index is 11.8. The normalized spacial score (nSPS) is 13.7. The molecule has 6 nitrogen and oxygen atoms in total. The lowest BCUT2D eigenvalue weighted by Gasteiger charge is -2.30. The number of benzene rings is 1. The lowest BCUT2D eigenvalue weighted by Crippen LogP contribution is -2.35. The molecular weight excluding hydrogens is 322 g/mol. The van der Waals surface area contributed by atoms with Gasteiger partial charge in [-0.2, -0.15) is 0 Å². The summed E-state index contributed by atoms with van der Waals surface area (Å²) in [5.74, 6) is 1.27. The predicted octanol–water partition coefficient (Wildman–Crippen LogP) is 2.37. The van der Waals surface area contributed by atoms with Crippen molar-refractivity contribution in [2.45, 2.75) is 0 Å². The number of para-hydroxylation sites is 2. The minimum Gasteiger partial charge on any atom is -0.372 e. The number of aromatic nitrogens is 2. The van der Waals surface area contributed by atoms with Crippen molar-refractivity contribution in [1.29, 1.82) is 0 Å². The highest BCUT2D eigenvalue weighted by Crippen LogP contribution is 2.38. The van der Waals surface area contributed by atoms with Gasteiger partial charge in [0.05, 0.1) is 11.4 Å². The molecule has 2 heterocycles. The number of nitrogens with one attached hydrogen (secondary N) is 2. The van der Waals surface area contributed by atoms with E-state index in [1.807, 2.05) is 29.2 Å². The Kier molecular flexibility index (Phi) is 3.27. The van der Waals surface area contributed by atoms with E-state index in [1.165, 1.54) is 6.33 Å². The van der Waals surface area contributed by atoms with E-state index >= 15 is 0 Å². The van der Waals surface area contributed by atoms with Gasteiger partial charge in [-0.25, -0.2) is 9.97 Å². The third-order valence-corrected chi connectivity index (χ3v) is 3.76. The zero-order valence-corrected chi connectivity index (χ0v) is 12.3. The summed E-state index contributed by atoms with van der Waals surface area (Å²) in [6.45, 7) is 0.218. The molecule has 1 aromatic heterocycles. The Morgan fingerprint density at radius 3 is 2.95 bits per heavy atom. The average Bonchev–Trinajstić information content (AvgIpc) is 2.46. The molecule has 20 heavy (non-hydrogen) atoms. The first-order valence-electron chi connectivity index (χ1n) is 6.05. The maximum atomic E-state index is 11.8. The van der Waals surface area contributed by atoms with Gasteiger partial charge in [0.25, 0.3) is 0 Å². The fraction of sp³-hybridized carbons (Fsp3) is 0.154. The minimum atomic E-state index is -0.0692. The SMILES string of the molecule is CNc1ncnc(N2CC(=O)Nc3ccccc32)c1Br. The number of hydrogen-bond donors (Lipinski definition) is 2. The fourth-order valence-corrected chi connectivity index (χ4v) is 2.76. The van der Waals surface area contributed by atoms with Crippen molar-refractivity contribution in [3.05, 3.63) is 35.1 Å². The highest BCUT2D eigenvalue weighted by Gasteiger charge is 2.26. The van der Waals surface area contributed by atoms with Crippen LogP contribution in [0.25, 0.3) is 0 Å². The molecular formula is C13H12BrN5O. The highest BCUT2D eigenvalue weighted by molar-refractivity contribution is 9.10. The van der Waals surface area contributed by atoms with Gasteiger partial charge in [0.15, 0.2) is 5.82 Å². The van der Waals surface area contributed by atoms with E-state index in [0.717, 1.165) is 15.8 Å². The number of amides is 1. The third-order valence-electron chi connectivity index (χ3n) is 3.03. The van der Waals surface area contributed by atoms with Crippen molar-refractivity contribution in [3.8, 4) is 0 Å². The molecule has 1 aromatic carbocycles. The van der Waals surface area contributed by atoms with Gasteiger partial charge < -0.3 is 15.5 Å². The molecule has 1 aliphatic heterocycles. The standard InChI is InChI=1S/C13H12BrN5O/c1-15-12-11(14)13(17-7-16-12)19-6-10(20)18-8-4-2-3-5-9(8)19/h2-5,7H,6H2,1H3,(H,18,20)(H,15,16,17). The van der Waals surface area contributed by atoms with E-state index in [0.29, 0.717) is 11.6 Å². The van der Waals surface area contributed by atoms with E-state index in [2.05, 4.69) is 36.5 Å². The molecule has 0 radical (unpaired) electrons. The van der Waals surface area contributed by atoms with E-state index < -0.39 is 0 Å². The molecule has 0 saturated carbocycles. The molecule has 0 saturated heterocycles. The van der Waals surface area contributed by atoms with Crippen molar-refractivity contribution < 1.29 is 4.79 Å². The highest BCUT2D eigenvalue weighted by atomic mass is 79.9. The lowest BCUT2D eigenvalue weighted by molar-refractivity contribution is -0.115. The van der Waals surface area contributed by atoms with Crippen LogP contribution in [0.5, 0.6) is 0 Å². The van der Waals surface area contributed by atoms with Crippen LogP contribution in [0.4, 0.5) is 23.0 Å². The average molecular weight is 334 g/mol. The van der Waals surface area contributed by atoms with E-state index in [-0.39, 0.29) is 12.5 Å².